The zero-order valence-electron chi connectivity index (χ0n) is 37.7. The lowest BCUT2D eigenvalue weighted by molar-refractivity contribution is -0.159. The van der Waals surface area contributed by atoms with Gasteiger partial charge in [0.15, 0.2) is 0 Å². The van der Waals surface area contributed by atoms with Crippen molar-refractivity contribution in [3.63, 3.8) is 0 Å². The van der Waals surface area contributed by atoms with Gasteiger partial charge in [-0.2, -0.15) is 0 Å². The molecule has 4 atom stereocenters. The molecule has 0 radical (unpaired) electrons. The minimum atomic E-state index is -1.12. The molecular formula is C56H60N2O6. The summed E-state index contributed by atoms with van der Waals surface area (Å²) in [6.07, 6.45) is -0.780. The molecule has 0 bridgehead atoms. The largest absolute Gasteiger partial charge is 0.459 e. The van der Waals surface area contributed by atoms with Crippen molar-refractivity contribution >= 4 is 11.9 Å². The molecule has 2 aliphatic carbocycles. The highest BCUT2D eigenvalue weighted by Crippen LogP contribution is 2.53. The Kier molecular flexibility index (Phi) is 12.5. The molecule has 0 fully saturated rings. The fourth-order valence-corrected chi connectivity index (χ4v) is 9.91. The summed E-state index contributed by atoms with van der Waals surface area (Å²) in [4.78, 5) is 29.0. The van der Waals surface area contributed by atoms with E-state index in [2.05, 4.69) is 83.4 Å². The third kappa shape index (κ3) is 8.55. The molecular weight excluding hydrogens is 797 g/mol. The summed E-state index contributed by atoms with van der Waals surface area (Å²) in [6.45, 7) is 10.6. The second-order valence-corrected chi connectivity index (χ2v) is 19.2. The highest BCUT2D eigenvalue weighted by Gasteiger charge is 2.49. The maximum atomic E-state index is 14.6. The lowest BCUT2D eigenvalue weighted by atomic mass is 9.79. The zero-order chi connectivity index (χ0) is 45.3. The van der Waals surface area contributed by atoms with Crippen molar-refractivity contribution in [2.75, 3.05) is 6.61 Å². The number of hydrogen-bond donors (Lipinski definition) is 4. The lowest BCUT2D eigenvalue weighted by Crippen LogP contribution is -2.54. The molecule has 4 N–H and O–H groups in total. The van der Waals surface area contributed by atoms with Gasteiger partial charge in [0.2, 0.25) is 0 Å². The van der Waals surface area contributed by atoms with Gasteiger partial charge < -0.3 is 19.7 Å². The Hall–Kier alpha value is -5.90. The second-order valence-electron chi connectivity index (χ2n) is 19.2. The van der Waals surface area contributed by atoms with Gasteiger partial charge in [-0.05, 0) is 116 Å². The van der Waals surface area contributed by atoms with Gasteiger partial charge in [0.05, 0.1) is 17.2 Å². The molecule has 8 rings (SSSR count). The third-order valence-corrected chi connectivity index (χ3v) is 12.6. The Morgan fingerprint density at radius 1 is 0.500 bits per heavy atom. The first-order valence-corrected chi connectivity index (χ1v) is 22.5. The summed E-state index contributed by atoms with van der Waals surface area (Å²) in [7, 11) is 0. The number of carbonyl (C=O) groups excluding carboxylic acids is 2. The Morgan fingerprint density at radius 3 is 1.19 bits per heavy atom. The quantitative estimate of drug-likeness (QED) is 0.0755. The number of nitrogens with one attached hydrogen (secondary N) is 2. The van der Waals surface area contributed by atoms with E-state index in [0.717, 1.165) is 55.6 Å². The summed E-state index contributed by atoms with van der Waals surface area (Å²) in [5.74, 6) is -1.72. The molecule has 0 aliphatic heterocycles. The first kappa shape index (κ1) is 44.7. The number of hydrogen-bond acceptors (Lipinski definition) is 8. The van der Waals surface area contributed by atoms with Crippen molar-refractivity contribution in [2.24, 2.45) is 5.92 Å². The zero-order valence-corrected chi connectivity index (χ0v) is 37.7. The first-order chi connectivity index (χ1) is 30.7. The molecule has 0 heterocycles. The van der Waals surface area contributed by atoms with E-state index < -0.39 is 64.9 Å². The number of aliphatic hydroxyl groups excluding tert-OH is 2. The van der Waals surface area contributed by atoms with E-state index in [0.29, 0.717) is 0 Å². The number of aliphatic hydroxyl groups is 2. The number of benzene rings is 6. The van der Waals surface area contributed by atoms with Crippen LogP contribution in [0.15, 0.2) is 158 Å². The van der Waals surface area contributed by atoms with Gasteiger partial charge in [0.25, 0.3) is 0 Å². The van der Waals surface area contributed by atoms with Crippen LogP contribution in [0, 0.1) is 5.92 Å². The molecule has 2 unspecified atom stereocenters. The molecule has 0 spiro atoms. The van der Waals surface area contributed by atoms with Gasteiger partial charge in [0, 0.05) is 12.5 Å². The molecule has 8 nitrogen and oxygen atoms in total. The SMILES string of the molecule is CC(C)(C)OC(=O)[C@H](CCC(O)C(CO)C[C@H](NC1(c2ccccc2)c2ccccc2-c2ccccc21)C(=O)OC(C)(C)C)NC1(c2ccccc2)c2ccccc2-c2ccccc21. The van der Waals surface area contributed by atoms with E-state index >= 15 is 0 Å². The highest BCUT2D eigenvalue weighted by atomic mass is 16.6. The van der Waals surface area contributed by atoms with E-state index in [1.165, 1.54) is 0 Å². The molecule has 8 heteroatoms. The van der Waals surface area contributed by atoms with Crippen molar-refractivity contribution in [3.8, 4) is 22.3 Å². The minimum Gasteiger partial charge on any atom is -0.459 e. The predicted molar refractivity (Wildman–Crippen MR) is 252 cm³/mol. The maximum Gasteiger partial charge on any atom is 0.323 e. The number of rotatable bonds is 15. The summed E-state index contributed by atoms with van der Waals surface area (Å²) >= 11 is 0. The Bertz CT molecular complexity index is 2500. The van der Waals surface area contributed by atoms with E-state index in [-0.39, 0.29) is 19.3 Å². The van der Waals surface area contributed by atoms with Crippen LogP contribution >= 0.6 is 0 Å². The Labute approximate surface area is 377 Å². The molecule has 64 heavy (non-hydrogen) atoms. The van der Waals surface area contributed by atoms with E-state index in [1.54, 1.807) is 0 Å². The second kappa shape index (κ2) is 17.9. The molecule has 0 saturated heterocycles. The van der Waals surface area contributed by atoms with Crippen molar-refractivity contribution in [1.82, 2.24) is 10.6 Å². The maximum absolute atomic E-state index is 14.6. The van der Waals surface area contributed by atoms with Gasteiger partial charge in [-0.15, -0.1) is 0 Å². The molecule has 0 saturated carbocycles. The first-order valence-electron chi connectivity index (χ1n) is 22.5. The van der Waals surface area contributed by atoms with Gasteiger partial charge in [-0.25, -0.2) is 0 Å². The summed E-state index contributed by atoms with van der Waals surface area (Å²) in [5, 5.41) is 31.0. The fourth-order valence-electron chi connectivity index (χ4n) is 9.91. The van der Waals surface area contributed by atoms with Crippen molar-refractivity contribution in [2.45, 2.75) is 101 Å². The number of fused-ring (bicyclic) bond motifs is 6. The van der Waals surface area contributed by atoms with Crippen LogP contribution in [0.5, 0.6) is 0 Å². The smallest absolute Gasteiger partial charge is 0.323 e. The summed E-state index contributed by atoms with van der Waals surface area (Å²) in [6, 6.07) is 51.3. The molecule has 330 valence electrons. The predicted octanol–water partition coefficient (Wildman–Crippen LogP) is 9.67. The molecule has 6 aromatic carbocycles. The van der Waals surface area contributed by atoms with Crippen LogP contribution in [0.4, 0.5) is 0 Å². The van der Waals surface area contributed by atoms with Crippen LogP contribution in [0.2, 0.25) is 0 Å². The summed E-state index contributed by atoms with van der Waals surface area (Å²) < 4.78 is 12.2. The molecule has 6 aromatic rings. The minimum absolute atomic E-state index is 0.0464. The topological polar surface area (TPSA) is 117 Å². The number of ether oxygens (including phenoxy) is 2. The fraction of sp³-hybridized carbons (Fsp3) is 0.321. The van der Waals surface area contributed by atoms with Gasteiger partial charge >= 0.3 is 11.9 Å². The third-order valence-electron chi connectivity index (χ3n) is 12.6. The monoisotopic (exact) mass is 856 g/mol. The van der Waals surface area contributed by atoms with E-state index in [9.17, 15) is 19.8 Å². The van der Waals surface area contributed by atoms with E-state index in [1.807, 2.05) is 126 Å². The lowest BCUT2D eigenvalue weighted by Gasteiger charge is -2.39. The number of esters is 2. The van der Waals surface area contributed by atoms with Gasteiger partial charge in [0.1, 0.15) is 23.3 Å². The highest BCUT2D eigenvalue weighted by molar-refractivity contribution is 5.86. The number of carbonyl (C=O) groups is 2. The van der Waals surface area contributed by atoms with Crippen LogP contribution in [0.1, 0.15) is 94.2 Å². The Morgan fingerprint density at radius 2 is 0.828 bits per heavy atom. The summed E-state index contributed by atoms with van der Waals surface area (Å²) in [5.41, 5.74) is 6.66. The van der Waals surface area contributed by atoms with Crippen LogP contribution in [-0.4, -0.2) is 58.1 Å². The normalized spacial score (nSPS) is 16.3. The van der Waals surface area contributed by atoms with Gasteiger partial charge in [-0.1, -0.05) is 158 Å². The van der Waals surface area contributed by atoms with Crippen molar-refractivity contribution in [1.29, 1.82) is 0 Å². The van der Waals surface area contributed by atoms with Crippen molar-refractivity contribution < 1.29 is 29.3 Å². The average molecular weight is 857 g/mol. The van der Waals surface area contributed by atoms with Crippen LogP contribution < -0.4 is 10.6 Å². The van der Waals surface area contributed by atoms with Crippen molar-refractivity contribution in [3.05, 3.63) is 191 Å². The Balaban J connectivity index is 1.14. The van der Waals surface area contributed by atoms with Crippen LogP contribution in [-0.2, 0) is 30.1 Å². The van der Waals surface area contributed by atoms with E-state index in [4.69, 9.17) is 9.47 Å². The molecule has 0 amide bonds. The average Bonchev–Trinajstić information content (AvgIpc) is 3.73. The van der Waals surface area contributed by atoms with Gasteiger partial charge in [-0.3, -0.25) is 20.2 Å². The van der Waals surface area contributed by atoms with Crippen LogP contribution in [0.3, 0.4) is 0 Å². The standard InChI is InChI=1S/C56H60N2O6/c1-53(2,3)63-51(61)48(57-55(38-21-9-7-10-22-38)44-29-17-13-25-40(44)41-26-14-18-30-45(41)55)33-34-50(60)37(36-59)35-49(52(62)64-54(4,5)6)58-56(39-23-11-8-12-24-39)46-31-19-15-27-42(46)43-28-16-20-32-47(43)56/h7-32,37,48-50,57-60H,33-36H2,1-6H3/t37?,48-,49-,50?/m0/s1. The molecule has 0 aromatic heterocycles. The molecule has 2 aliphatic rings. The van der Waals surface area contributed by atoms with Crippen LogP contribution in [0.25, 0.3) is 22.3 Å².